The molecule has 0 saturated carbocycles. The van der Waals surface area contributed by atoms with Crippen LogP contribution in [-0.2, 0) is 7.05 Å². The zero-order valence-corrected chi connectivity index (χ0v) is 19.2. The third-order valence-electron chi connectivity index (χ3n) is 6.51. The van der Waals surface area contributed by atoms with Crippen LogP contribution in [0.5, 0.6) is 0 Å². The summed E-state index contributed by atoms with van der Waals surface area (Å²) in [7, 11) is 1.85. The van der Waals surface area contributed by atoms with Crippen LogP contribution in [0.3, 0.4) is 0 Å². The lowest BCUT2D eigenvalue weighted by atomic mass is 9.93. The molecule has 4 aromatic rings. The molecule has 1 saturated heterocycles. The fourth-order valence-corrected chi connectivity index (χ4v) is 4.58. The number of hydrogen-bond donors (Lipinski definition) is 2. The molecule has 2 aromatic heterocycles. The molecule has 5 rings (SSSR count). The van der Waals surface area contributed by atoms with Gasteiger partial charge in [-0.25, -0.2) is 14.2 Å². The topological polar surface area (TPSA) is 107 Å². The highest BCUT2D eigenvalue weighted by atomic mass is 19.1. The maximum Gasteiger partial charge on any atom is 0.249 e. The summed E-state index contributed by atoms with van der Waals surface area (Å²) in [4.78, 5) is 22.9. The van der Waals surface area contributed by atoms with Gasteiger partial charge >= 0.3 is 0 Å². The van der Waals surface area contributed by atoms with Crippen molar-refractivity contribution in [1.29, 1.82) is 0 Å². The van der Waals surface area contributed by atoms with Crippen LogP contribution in [0.4, 0.5) is 15.9 Å². The smallest absolute Gasteiger partial charge is 0.249 e. The van der Waals surface area contributed by atoms with Crippen molar-refractivity contribution in [2.45, 2.75) is 18.9 Å². The number of pyridine rings is 1. The number of carbonyl (C=O) groups excluding carboxylic acids is 1. The van der Waals surface area contributed by atoms with Gasteiger partial charge in [-0.1, -0.05) is 18.2 Å². The van der Waals surface area contributed by atoms with E-state index in [0.29, 0.717) is 41.3 Å². The minimum atomic E-state index is -0.650. The van der Waals surface area contributed by atoms with E-state index in [1.54, 1.807) is 23.0 Å². The van der Waals surface area contributed by atoms with Crippen molar-refractivity contribution >= 4 is 28.3 Å². The van der Waals surface area contributed by atoms with Crippen LogP contribution in [0, 0.1) is 12.4 Å². The van der Waals surface area contributed by atoms with Crippen molar-refractivity contribution in [2.75, 3.05) is 18.0 Å². The van der Waals surface area contributed by atoms with Crippen molar-refractivity contribution in [1.82, 2.24) is 14.8 Å². The van der Waals surface area contributed by atoms with E-state index in [9.17, 15) is 9.18 Å². The fraction of sp³-hybridized carbons (Fsp3) is 0.231. The minimum absolute atomic E-state index is 0.0802. The van der Waals surface area contributed by atoms with Gasteiger partial charge in [-0.2, -0.15) is 5.10 Å². The summed E-state index contributed by atoms with van der Waals surface area (Å²) in [6.45, 7) is 8.56. The van der Waals surface area contributed by atoms with Gasteiger partial charge in [0.1, 0.15) is 11.6 Å². The molecule has 9 heteroatoms. The number of nitrogens with two attached hydrogens (primary N) is 2. The van der Waals surface area contributed by atoms with Gasteiger partial charge in [0.25, 0.3) is 0 Å². The molecule has 1 fully saturated rings. The molecule has 2 aromatic carbocycles. The van der Waals surface area contributed by atoms with E-state index >= 15 is 0 Å². The number of amides is 1. The minimum Gasteiger partial charge on any atom is -0.366 e. The van der Waals surface area contributed by atoms with Gasteiger partial charge in [-0.3, -0.25) is 9.48 Å². The summed E-state index contributed by atoms with van der Waals surface area (Å²) in [6.07, 6.45) is 3.35. The second kappa shape index (κ2) is 8.81. The summed E-state index contributed by atoms with van der Waals surface area (Å²) in [5, 5.41) is 5.18. The predicted molar refractivity (Wildman–Crippen MR) is 134 cm³/mol. The van der Waals surface area contributed by atoms with Crippen LogP contribution in [0.25, 0.3) is 38.1 Å². The number of nitrogens with zero attached hydrogens (tertiary/aromatic N) is 5. The quantitative estimate of drug-likeness (QED) is 0.439. The number of aromatic nitrogens is 3. The normalized spacial score (nSPS) is 14.3. The zero-order chi connectivity index (χ0) is 24.7. The number of rotatable bonds is 4. The highest BCUT2D eigenvalue weighted by Gasteiger charge is 2.24. The van der Waals surface area contributed by atoms with E-state index in [4.69, 9.17) is 23.0 Å². The van der Waals surface area contributed by atoms with Gasteiger partial charge in [-0.05, 0) is 42.7 Å². The molecule has 1 aliphatic heterocycles. The Morgan fingerprint density at radius 2 is 1.89 bits per heavy atom. The Morgan fingerprint density at radius 3 is 2.57 bits per heavy atom. The largest absolute Gasteiger partial charge is 0.366 e. The number of aryl methyl sites for hydroxylation is 1. The highest BCUT2D eigenvalue weighted by Crippen LogP contribution is 2.38. The Kier molecular flexibility index (Phi) is 5.67. The second-order valence-corrected chi connectivity index (χ2v) is 8.76. The molecule has 8 nitrogen and oxygen atoms in total. The molecule has 0 spiro atoms. The Labute approximate surface area is 201 Å². The number of fused-ring (bicyclic) bond motifs is 1. The van der Waals surface area contributed by atoms with Gasteiger partial charge < -0.3 is 16.4 Å². The number of benzene rings is 2. The fourth-order valence-electron chi connectivity index (χ4n) is 4.58. The molecule has 4 N–H and O–H groups in total. The standard InChI is InChI=1S/C26H24FN7O/c1-30-21-5-3-16(12-20(21)27)25-24(15-4-6-22-17(11-15)14-31-33(22)2)19(26(29)35)13-23(32-25)34-9-7-18(28)8-10-34/h3-6,11-14,18H,7-10,28H2,2H3,(H2,29,35). The maximum absolute atomic E-state index is 14.7. The molecule has 3 heterocycles. The summed E-state index contributed by atoms with van der Waals surface area (Å²) >= 11 is 0. The Bertz CT molecular complexity index is 1500. The van der Waals surface area contributed by atoms with E-state index in [-0.39, 0.29) is 17.3 Å². The molecule has 0 radical (unpaired) electrons. The first kappa shape index (κ1) is 22.5. The molecule has 0 aliphatic carbocycles. The van der Waals surface area contributed by atoms with Crippen LogP contribution in [0.2, 0.25) is 0 Å². The molecular weight excluding hydrogens is 445 g/mol. The Hall–Kier alpha value is -4.29. The van der Waals surface area contributed by atoms with Crippen LogP contribution in [-0.4, -0.2) is 39.8 Å². The maximum atomic E-state index is 14.7. The summed E-state index contributed by atoms with van der Waals surface area (Å²) in [5.41, 5.74) is 15.2. The van der Waals surface area contributed by atoms with Crippen molar-refractivity contribution in [3.8, 4) is 22.4 Å². The van der Waals surface area contributed by atoms with Gasteiger partial charge in [0, 0.05) is 42.7 Å². The van der Waals surface area contributed by atoms with Crippen molar-refractivity contribution in [3.05, 3.63) is 71.5 Å². The summed E-state index contributed by atoms with van der Waals surface area (Å²) in [6, 6.07) is 11.9. The van der Waals surface area contributed by atoms with E-state index in [0.717, 1.165) is 23.7 Å². The summed E-state index contributed by atoms with van der Waals surface area (Å²) in [5.74, 6) is -0.673. The molecule has 35 heavy (non-hydrogen) atoms. The number of halogens is 1. The van der Waals surface area contributed by atoms with Crippen molar-refractivity contribution in [2.24, 2.45) is 18.5 Å². The van der Waals surface area contributed by atoms with Gasteiger partial charge in [0.15, 0.2) is 0 Å². The third kappa shape index (κ3) is 4.09. The van der Waals surface area contributed by atoms with Gasteiger partial charge in [0.2, 0.25) is 11.6 Å². The monoisotopic (exact) mass is 469 g/mol. The lowest BCUT2D eigenvalue weighted by Crippen LogP contribution is -2.40. The lowest BCUT2D eigenvalue weighted by Gasteiger charge is -2.32. The molecular formula is C26H24FN7O. The second-order valence-electron chi connectivity index (χ2n) is 8.76. The number of anilines is 1. The molecule has 1 amide bonds. The Morgan fingerprint density at radius 1 is 1.14 bits per heavy atom. The van der Waals surface area contributed by atoms with E-state index in [1.165, 1.54) is 12.1 Å². The number of hydrogen-bond acceptors (Lipinski definition) is 5. The van der Waals surface area contributed by atoms with E-state index < -0.39 is 11.7 Å². The van der Waals surface area contributed by atoms with Crippen LogP contribution < -0.4 is 16.4 Å². The van der Waals surface area contributed by atoms with Crippen molar-refractivity contribution < 1.29 is 9.18 Å². The lowest BCUT2D eigenvalue weighted by molar-refractivity contribution is 0.100. The molecule has 0 bridgehead atoms. The average Bonchev–Trinajstić information content (AvgIpc) is 3.23. The highest BCUT2D eigenvalue weighted by molar-refractivity contribution is 6.05. The first-order valence-corrected chi connectivity index (χ1v) is 11.3. The van der Waals surface area contributed by atoms with E-state index in [1.807, 2.05) is 25.2 Å². The average molecular weight is 470 g/mol. The van der Waals surface area contributed by atoms with E-state index in [2.05, 4.69) is 14.8 Å². The first-order chi connectivity index (χ1) is 16.9. The SMILES string of the molecule is [C-]#[N+]c1ccc(-c2nc(N3CCC(N)CC3)cc(C(N)=O)c2-c2ccc3c(cnn3C)c2)cc1F. The molecule has 0 unspecified atom stereocenters. The Balaban J connectivity index is 1.77. The predicted octanol–water partition coefficient (Wildman–Crippen LogP) is 4.02. The van der Waals surface area contributed by atoms with Gasteiger partial charge in [-0.15, -0.1) is 0 Å². The van der Waals surface area contributed by atoms with Crippen LogP contribution in [0.1, 0.15) is 23.2 Å². The molecule has 0 atom stereocenters. The first-order valence-electron chi connectivity index (χ1n) is 11.3. The van der Waals surface area contributed by atoms with Crippen LogP contribution >= 0.6 is 0 Å². The number of carbonyl (C=O) groups is 1. The molecule has 1 aliphatic rings. The van der Waals surface area contributed by atoms with Crippen molar-refractivity contribution in [3.63, 3.8) is 0 Å². The number of piperidine rings is 1. The number of primary amides is 1. The molecule has 176 valence electrons. The third-order valence-corrected chi connectivity index (χ3v) is 6.51. The van der Waals surface area contributed by atoms with Crippen LogP contribution in [0.15, 0.2) is 48.7 Å². The summed E-state index contributed by atoms with van der Waals surface area (Å²) < 4.78 is 16.4. The van der Waals surface area contributed by atoms with Gasteiger partial charge in [0.05, 0.1) is 29.5 Å². The zero-order valence-electron chi connectivity index (χ0n) is 19.2.